The molecular formula is C22H18F5N7O. The van der Waals surface area contributed by atoms with Crippen molar-refractivity contribution >= 4 is 28.6 Å². The second kappa shape index (κ2) is 9.24. The number of fused-ring (bicyclic) bond motifs is 1. The first-order valence-corrected chi connectivity index (χ1v) is 10.4. The predicted octanol–water partition coefficient (Wildman–Crippen LogP) is 4.96. The van der Waals surface area contributed by atoms with Crippen molar-refractivity contribution in [2.75, 3.05) is 10.6 Å². The second-order valence-electron chi connectivity index (χ2n) is 7.55. The lowest BCUT2D eigenvalue weighted by Crippen LogP contribution is -2.16. The van der Waals surface area contributed by atoms with E-state index in [-0.39, 0.29) is 16.8 Å². The van der Waals surface area contributed by atoms with Crippen LogP contribution in [0.2, 0.25) is 0 Å². The summed E-state index contributed by atoms with van der Waals surface area (Å²) in [4.78, 5) is 24.2. The lowest BCUT2D eigenvalue weighted by atomic mass is 10.1. The number of aromatic nitrogens is 5. The van der Waals surface area contributed by atoms with Crippen LogP contribution in [0.1, 0.15) is 41.5 Å². The molecule has 0 saturated heterocycles. The van der Waals surface area contributed by atoms with Crippen molar-refractivity contribution in [1.82, 2.24) is 24.7 Å². The van der Waals surface area contributed by atoms with Crippen molar-refractivity contribution in [2.24, 2.45) is 0 Å². The molecule has 1 amide bonds. The summed E-state index contributed by atoms with van der Waals surface area (Å²) < 4.78 is 68.5. The third kappa shape index (κ3) is 5.18. The molecule has 35 heavy (non-hydrogen) atoms. The number of alkyl halides is 3. The van der Waals surface area contributed by atoms with Crippen LogP contribution in [0.3, 0.4) is 0 Å². The number of hydrogen-bond acceptors (Lipinski definition) is 6. The van der Waals surface area contributed by atoms with Gasteiger partial charge in [0.1, 0.15) is 28.7 Å². The van der Waals surface area contributed by atoms with Gasteiger partial charge in [-0.15, -0.1) is 0 Å². The fourth-order valence-electron chi connectivity index (χ4n) is 3.26. The Hall–Kier alpha value is -4.16. The number of rotatable bonds is 6. The third-order valence-electron chi connectivity index (χ3n) is 5.08. The van der Waals surface area contributed by atoms with Crippen molar-refractivity contribution in [1.29, 1.82) is 0 Å². The Kier molecular flexibility index (Phi) is 6.33. The number of benzene rings is 1. The van der Waals surface area contributed by atoms with E-state index in [1.165, 1.54) is 6.20 Å². The smallest absolute Gasteiger partial charge is 0.362 e. The average molecular weight is 491 g/mol. The van der Waals surface area contributed by atoms with Crippen molar-refractivity contribution in [3.05, 3.63) is 71.3 Å². The molecule has 3 heterocycles. The molecule has 182 valence electrons. The predicted molar refractivity (Wildman–Crippen MR) is 117 cm³/mol. The Bertz CT molecular complexity index is 1390. The molecule has 0 aliphatic rings. The van der Waals surface area contributed by atoms with E-state index in [0.29, 0.717) is 35.7 Å². The van der Waals surface area contributed by atoms with E-state index in [2.05, 4.69) is 30.7 Å². The van der Waals surface area contributed by atoms with E-state index in [1.54, 1.807) is 17.8 Å². The molecule has 0 radical (unpaired) electrons. The zero-order valence-electron chi connectivity index (χ0n) is 18.4. The van der Waals surface area contributed by atoms with Crippen LogP contribution in [-0.2, 0) is 12.7 Å². The molecule has 8 nitrogen and oxygen atoms in total. The van der Waals surface area contributed by atoms with Crippen LogP contribution >= 0.6 is 0 Å². The number of pyridine rings is 1. The highest BCUT2D eigenvalue weighted by Crippen LogP contribution is 2.29. The van der Waals surface area contributed by atoms with Gasteiger partial charge in [-0.2, -0.15) is 18.3 Å². The molecule has 0 saturated carbocycles. The topological polar surface area (TPSA) is 97.6 Å². The number of hydrogen-bond donors (Lipinski definition) is 2. The van der Waals surface area contributed by atoms with Crippen molar-refractivity contribution in [2.45, 2.75) is 32.6 Å². The minimum absolute atomic E-state index is 0.00762. The quantitative estimate of drug-likeness (QED) is 0.370. The zero-order valence-corrected chi connectivity index (χ0v) is 18.4. The van der Waals surface area contributed by atoms with Crippen molar-refractivity contribution in [3.63, 3.8) is 0 Å². The number of carbonyl (C=O) groups is 1. The van der Waals surface area contributed by atoms with Crippen LogP contribution in [0.5, 0.6) is 0 Å². The molecule has 1 aromatic carbocycles. The van der Waals surface area contributed by atoms with Gasteiger partial charge < -0.3 is 10.6 Å². The molecule has 0 spiro atoms. The number of anilines is 2. The van der Waals surface area contributed by atoms with Gasteiger partial charge in [-0.25, -0.2) is 18.7 Å². The Labute approximate surface area is 195 Å². The standard InChI is InChI=1S/C22H18F5N7O/c1-3-34-10-17-20(33-34)32-19(9-28-17)30-11(2)13-6-16(15(24)7-14(13)23)31-21(35)12-4-5-18(29-8-12)22(25,26)27/h4-11H,3H2,1-2H3,(H,31,35)(H,30,32,33)/t11-/m0/s1. The summed E-state index contributed by atoms with van der Waals surface area (Å²) in [6, 6.07) is 2.52. The maximum Gasteiger partial charge on any atom is 0.433 e. The molecule has 13 heteroatoms. The van der Waals surface area contributed by atoms with Crippen LogP contribution in [0.4, 0.5) is 33.5 Å². The molecule has 0 aliphatic carbocycles. The number of halogens is 5. The van der Waals surface area contributed by atoms with E-state index in [4.69, 9.17) is 0 Å². The van der Waals surface area contributed by atoms with Crippen LogP contribution in [0, 0.1) is 11.6 Å². The Balaban J connectivity index is 1.53. The van der Waals surface area contributed by atoms with Crippen LogP contribution < -0.4 is 10.6 Å². The number of amides is 1. The molecule has 0 fully saturated rings. The summed E-state index contributed by atoms with van der Waals surface area (Å²) in [7, 11) is 0. The summed E-state index contributed by atoms with van der Waals surface area (Å²) >= 11 is 0. The van der Waals surface area contributed by atoms with Gasteiger partial charge in [0.05, 0.1) is 29.7 Å². The van der Waals surface area contributed by atoms with Crippen LogP contribution in [0.25, 0.3) is 11.2 Å². The van der Waals surface area contributed by atoms with Crippen molar-refractivity contribution in [3.8, 4) is 0 Å². The first-order valence-electron chi connectivity index (χ1n) is 10.4. The fraction of sp³-hybridized carbons (Fsp3) is 0.227. The normalized spacial score (nSPS) is 12.5. The van der Waals surface area contributed by atoms with Gasteiger partial charge in [-0.1, -0.05) is 0 Å². The van der Waals surface area contributed by atoms with Gasteiger partial charge in [0, 0.05) is 24.4 Å². The maximum atomic E-state index is 14.5. The minimum Gasteiger partial charge on any atom is -0.362 e. The number of carbonyl (C=O) groups excluding carboxylic acids is 1. The fourth-order valence-corrected chi connectivity index (χ4v) is 3.26. The van der Waals surface area contributed by atoms with Crippen LogP contribution in [-0.4, -0.2) is 30.6 Å². The van der Waals surface area contributed by atoms with E-state index in [0.717, 1.165) is 18.3 Å². The van der Waals surface area contributed by atoms with Gasteiger partial charge in [0.15, 0.2) is 0 Å². The van der Waals surface area contributed by atoms with E-state index in [1.807, 2.05) is 6.92 Å². The number of aryl methyl sites for hydroxylation is 1. The minimum atomic E-state index is -4.67. The van der Waals surface area contributed by atoms with Crippen LogP contribution in [0.15, 0.2) is 42.9 Å². The highest BCUT2D eigenvalue weighted by molar-refractivity contribution is 6.04. The first-order chi connectivity index (χ1) is 16.5. The lowest BCUT2D eigenvalue weighted by Gasteiger charge is -2.17. The molecule has 1 atom stereocenters. The Morgan fingerprint density at radius 1 is 1.11 bits per heavy atom. The molecule has 0 aliphatic heterocycles. The molecule has 0 bridgehead atoms. The second-order valence-corrected chi connectivity index (χ2v) is 7.55. The van der Waals surface area contributed by atoms with Gasteiger partial charge in [0.25, 0.3) is 5.91 Å². The maximum absolute atomic E-state index is 14.5. The van der Waals surface area contributed by atoms with Gasteiger partial charge >= 0.3 is 6.18 Å². The molecule has 4 rings (SSSR count). The van der Waals surface area contributed by atoms with Gasteiger partial charge in [-0.05, 0) is 32.0 Å². The molecule has 3 aromatic heterocycles. The monoisotopic (exact) mass is 491 g/mol. The Morgan fingerprint density at radius 2 is 1.89 bits per heavy atom. The van der Waals surface area contributed by atoms with E-state index in [9.17, 15) is 26.7 Å². The van der Waals surface area contributed by atoms with E-state index < -0.39 is 35.5 Å². The summed E-state index contributed by atoms with van der Waals surface area (Å²) in [6.07, 6.45) is -0.765. The number of nitrogens with zero attached hydrogens (tertiary/aromatic N) is 5. The summed E-state index contributed by atoms with van der Waals surface area (Å²) in [5.74, 6) is -2.54. The lowest BCUT2D eigenvalue weighted by molar-refractivity contribution is -0.141. The highest BCUT2D eigenvalue weighted by Gasteiger charge is 2.32. The first kappa shape index (κ1) is 24.0. The largest absolute Gasteiger partial charge is 0.433 e. The van der Waals surface area contributed by atoms with E-state index >= 15 is 0 Å². The molecule has 4 aromatic rings. The van der Waals surface area contributed by atoms with Gasteiger partial charge in [-0.3, -0.25) is 14.5 Å². The van der Waals surface area contributed by atoms with Gasteiger partial charge in [0.2, 0.25) is 5.65 Å². The summed E-state index contributed by atoms with van der Waals surface area (Å²) in [6.45, 7) is 4.14. The average Bonchev–Trinajstić information content (AvgIpc) is 3.22. The molecule has 2 N–H and O–H groups in total. The third-order valence-corrected chi connectivity index (χ3v) is 5.08. The summed E-state index contributed by atoms with van der Waals surface area (Å²) in [5.41, 5.74) is -0.782. The van der Waals surface area contributed by atoms with Crippen molar-refractivity contribution < 1.29 is 26.7 Å². The SMILES string of the molecule is CCn1cc2ncc(N[C@@H](C)c3cc(NC(=O)c4ccc(C(F)(F)F)nc4)c(F)cc3F)nc2n1. The highest BCUT2D eigenvalue weighted by atomic mass is 19.4. The number of nitrogens with one attached hydrogen (secondary N) is 2. The summed E-state index contributed by atoms with van der Waals surface area (Å²) in [5, 5.41) is 9.45. The Morgan fingerprint density at radius 3 is 2.54 bits per heavy atom. The zero-order chi connectivity index (χ0) is 25.3. The molecule has 0 unspecified atom stereocenters. The molecular weight excluding hydrogens is 473 g/mol.